The monoisotopic (exact) mass is 400 g/mol. The number of carbonyl (C=O) groups excluding carboxylic acids is 2. The van der Waals surface area contributed by atoms with E-state index in [4.69, 9.17) is 5.73 Å². The maximum absolute atomic E-state index is 12.5. The number of hydrogen-bond donors (Lipinski definition) is 3. The number of pyridine rings is 1. The average molecular weight is 400 g/mol. The summed E-state index contributed by atoms with van der Waals surface area (Å²) in [7, 11) is 0. The van der Waals surface area contributed by atoms with Crippen molar-refractivity contribution in [2.75, 3.05) is 5.32 Å². The van der Waals surface area contributed by atoms with Gasteiger partial charge in [-0.15, -0.1) is 0 Å². The van der Waals surface area contributed by atoms with Gasteiger partial charge in [0.25, 0.3) is 5.91 Å². The lowest BCUT2D eigenvalue weighted by Crippen LogP contribution is -2.30. The fourth-order valence-corrected chi connectivity index (χ4v) is 3.80. The predicted molar refractivity (Wildman–Crippen MR) is 116 cm³/mol. The Morgan fingerprint density at radius 3 is 2.53 bits per heavy atom. The Kier molecular flexibility index (Phi) is 5.86. The van der Waals surface area contributed by atoms with Crippen LogP contribution in [0.2, 0.25) is 0 Å². The summed E-state index contributed by atoms with van der Waals surface area (Å²) in [6.07, 6.45) is 5.33. The SMILES string of the molecule is N[C@@H](CC(=O)N[C@H]1CCc2ccccc21)c1ccc(C(=O)Nc2ccncc2)cc1. The Hall–Kier alpha value is -3.51. The zero-order chi connectivity index (χ0) is 20.9. The number of nitrogens with zero attached hydrogens (tertiary/aromatic N) is 1. The van der Waals surface area contributed by atoms with Crippen molar-refractivity contribution in [3.05, 3.63) is 95.3 Å². The number of anilines is 1. The highest BCUT2D eigenvalue weighted by Crippen LogP contribution is 2.31. The number of nitrogens with one attached hydrogen (secondary N) is 2. The van der Waals surface area contributed by atoms with Crippen LogP contribution < -0.4 is 16.4 Å². The highest BCUT2D eigenvalue weighted by molar-refractivity contribution is 6.04. The number of aryl methyl sites for hydroxylation is 1. The van der Waals surface area contributed by atoms with Gasteiger partial charge in [0.2, 0.25) is 5.91 Å². The standard InChI is InChI=1S/C24H24N4O2/c25-21(15-23(29)28-22-10-9-16-3-1-2-4-20(16)22)17-5-7-18(8-6-17)24(30)27-19-11-13-26-14-12-19/h1-8,11-14,21-22H,9-10,15,25H2,(H,28,29)(H,26,27,30)/t21-,22-/m0/s1. The molecule has 1 aromatic heterocycles. The molecule has 4 rings (SSSR count). The summed E-state index contributed by atoms with van der Waals surface area (Å²) in [5.74, 6) is -0.275. The van der Waals surface area contributed by atoms with Crippen LogP contribution in [0.1, 0.15) is 52.0 Å². The Morgan fingerprint density at radius 1 is 1.03 bits per heavy atom. The van der Waals surface area contributed by atoms with E-state index in [1.807, 2.05) is 12.1 Å². The number of aromatic nitrogens is 1. The van der Waals surface area contributed by atoms with Crippen molar-refractivity contribution in [2.45, 2.75) is 31.3 Å². The predicted octanol–water partition coefficient (Wildman–Crippen LogP) is 3.53. The minimum Gasteiger partial charge on any atom is -0.349 e. The fraction of sp³-hybridized carbons (Fsp3) is 0.208. The van der Waals surface area contributed by atoms with Crippen LogP contribution in [0.3, 0.4) is 0 Å². The lowest BCUT2D eigenvalue weighted by atomic mass is 10.0. The van der Waals surface area contributed by atoms with Crippen LogP contribution >= 0.6 is 0 Å². The number of nitrogens with two attached hydrogens (primary N) is 1. The Labute approximate surface area is 175 Å². The van der Waals surface area contributed by atoms with E-state index >= 15 is 0 Å². The van der Waals surface area contributed by atoms with Gasteiger partial charge in [0.1, 0.15) is 0 Å². The molecule has 0 fully saturated rings. The van der Waals surface area contributed by atoms with Gasteiger partial charge in [-0.2, -0.15) is 0 Å². The lowest BCUT2D eigenvalue weighted by Gasteiger charge is -2.17. The number of amides is 2. The molecule has 1 aliphatic rings. The zero-order valence-corrected chi connectivity index (χ0v) is 16.5. The number of benzene rings is 2. The maximum atomic E-state index is 12.5. The number of fused-ring (bicyclic) bond motifs is 1. The van der Waals surface area contributed by atoms with Gasteiger partial charge in [-0.25, -0.2) is 0 Å². The molecule has 0 saturated carbocycles. The minimum atomic E-state index is -0.432. The molecule has 2 atom stereocenters. The molecule has 0 spiro atoms. The summed E-state index contributed by atoms with van der Waals surface area (Å²) >= 11 is 0. The summed E-state index contributed by atoms with van der Waals surface area (Å²) in [6, 6.07) is 18.3. The molecule has 4 N–H and O–H groups in total. The lowest BCUT2D eigenvalue weighted by molar-refractivity contribution is -0.122. The van der Waals surface area contributed by atoms with Crippen LogP contribution in [0.15, 0.2) is 73.1 Å². The summed E-state index contributed by atoms with van der Waals surface area (Å²) in [6.45, 7) is 0. The summed E-state index contributed by atoms with van der Waals surface area (Å²) in [4.78, 5) is 28.8. The van der Waals surface area contributed by atoms with Gasteiger partial charge < -0.3 is 16.4 Å². The van der Waals surface area contributed by atoms with Crippen molar-refractivity contribution < 1.29 is 9.59 Å². The second-order valence-corrected chi connectivity index (χ2v) is 7.48. The van der Waals surface area contributed by atoms with Crippen LogP contribution in [0, 0.1) is 0 Å². The average Bonchev–Trinajstić information content (AvgIpc) is 3.17. The highest BCUT2D eigenvalue weighted by atomic mass is 16.2. The number of hydrogen-bond acceptors (Lipinski definition) is 4. The molecule has 1 heterocycles. The molecule has 3 aromatic rings. The molecule has 0 aliphatic heterocycles. The second kappa shape index (κ2) is 8.88. The van der Waals surface area contributed by atoms with Crippen molar-refractivity contribution in [1.82, 2.24) is 10.3 Å². The first-order chi connectivity index (χ1) is 14.6. The third kappa shape index (κ3) is 4.55. The minimum absolute atomic E-state index is 0.0557. The molecular formula is C24H24N4O2. The van der Waals surface area contributed by atoms with Gasteiger partial charge in [-0.3, -0.25) is 14.6 Å². The van der Waals surface area contributed by atoms with Crippen molar-refractivity contribution in [3.63, 3.8) is 0 Å². The number of rotatable bonds is 6. The number of carbonyl (C=O) groups is 2. The highest BCUT2D eigenvalue weighted by Gasteiger charge is 2.24. The van der Waals surface area contributed by atoms with Crippen LogP contribution in [0.25, 0.3) is 0 Å². The summed E-state index contributed by atoms with van der Waals surface area (Å²) in [5, 5.41) is 5.92. The van der Waals surface area contributed by atoms with Gasteiger partial charge >= 0.3 is 0 Å². The first-order valence-electron chi connectivity index (χ1n) is 10.0. The van der Waals surface area contributed by atoms with Crippen LogP contribution in [0.4, 0.5) is 5.69 Å². The smallest absolute Gasteiger partial charge is 0.255 e. The molecular weight excluding hydrogens is 376 g/mol. The van der Waals surface area contributed by atoms with E-state index < -0.39 is 6.04 Å². The van der Waals surface area contributed by atoms with Crippen molar-refractivity contribution in [2.24, 2.45) is 5.73 Å². The van der Waals surface area contributed by atoms with Gasteiger partial charge in [-0.1, -0.05) is 36.4 Å². The normalized spacial score (nSPS) is 15.8. The van der Waals surface area contributed by atoms with E-state index in [0.29, 0.717) is 11.3 Å². The Bertz CT molecular complexity index is 1030. The molecule has 0 unspecified atom stereocenters. The van der Waals surface area contributed by atoms with Crippen molar-refractivity contribution in [1.29, 1.82) is 0 Å². The maximum Gasteiger partial charge on any atom is 0.255 e. The largest absolute Gasteiger partial charge is 0.349 e. The van der Waals surface area contributed by atoms with E-state index in [1.54, 1.807) is 48.8 Å². The van der Waals surface area contributed by atoms with Gasteiger partial charge in [0, 0.05) is 36.1 Å². The third-order valence-corrected chi connectivity index (χ3v) is 5.41. The van der Waals surface area contributed by atoms with Crippen molar-refractivity contribution in [3.8, 4) is 0 Å². The Morgan fingerprint density at radius 2 is 1.77 bits per heavy atom. The molecule has 6 heteroatoms. The van der Waals surface area contributed by atoms with Gasteiger partial charge in [0.05, 0.1) is 6.04 Å². The Balaban J connectivity index is 1.33. The second-order valence-electron chi connectivity index (χ2n) is 7.48. The molecule has 152 valence electrons. The molecule has 2 aromatic carbocycles. The fourth-order valence-electron chi connectivity index (χ4n) is 3.80. The first-order valence-corrected chi connectivity index (χ1v) is 10.0. The van der Waals surface area contributed by atoms with Crippen LogP contribution in [0.5, 0.6) is 0 Å². The van der Waals surface area contributed by atoms with Gasteiger partial charge in [-0.05, 0) is 53.8 Å². The first kappa shape index (κ1) is 19.8. The quantitative estimate of drug-likeness (QED) is 0.590. The molecule has 0 bridgehead atoms. The van der Waals surface area contributed by atoms with Gasteiger partial charge in [0.15, 0.2) is 0 Å². The zero-order valence-electron chi connectivity index (χ0n) is 16.5. The van der Waals surface area contributed by atoms with Crippen LogP contribution in [-0.4, -0.2) is 16.8 Å². The molecule has 0 radical (unpaired) electrons. The van der Waals surface area contributed by atoms with E-state index in [2.05, 4.69) is 27.8 Å². The summed E-state index contributed by atoms with van der Waals surface area (Å²) < 4.78 is 0. The molecule has 1 aliphatic carbocycles. The van der Waals surface area contributed by atoms with E-state index in [-0.39, 0.29) is 24.3 Å². The van der Waals surface area contributed by atoms with Crippen molar-refractivity contribution >= 4 is 17.5 Å². The summed E-state index contributed by atoms with van der Waals surface area (Å²) in [5.41, 5.74) is 10.8. The topological polar surface area (TPSA) is 97.1 Å². The van der Waals surface area contributed by atoms with E-state index in [1.165, 1.54) is 11.1 Å². The molecule has 2 amide bonds. The van der Waals surface area contributed by atoms with E-state index in [0.717, 1.165) is 18.4 Å². The van der Waals surface area contributed by atoms with E-state index in [9.17, 15) is 9.59 Å². The molecule has 0 saturated heterocycles. The molecule has 30 heavy (non-hydrogen) atoms. The molecule has 6 nitrogen and oxygen atoms in total. The van der Waals surface area contributed by atoms with Crippen LogP contribution in [-0.2, 0) is 11.2 Å². The third-order valence-electron chi connectivity index (χ3n) is 5.41.